The summed E-state index contributed by atoms with van der Waals surface area (Å²) in [4.78, 5) is 0. The van der Waals surface area contributed by atoms with Crippen LogP contribution in [0.1, 0.15) is 32.0 Å². The number of hydrogen-bond donors (Lipinski definition) is 0. The minimum Gasteiger partial charge on any atom is -0.358 e. The van der Waals surface area contributed by atoms with Crippen LogP contribution in [0.5, 0.6) is 5.88 Å². The summed E-state index contributed by atoms with van der Waals surface area (Å²) in [5, 5.41) is 6.16. The average molecular weight is 417 g/mol. The van der Waals surface area contributed by atoms with Gasteiger partial charge < -0.3 is 4.18 Å². The first kappa shape index (κ1) is 20.2. The van der Waals surface area contributed by atoms with Gasteiger partial charge in [-0.15, -0.1) is 0 Å². The summed E-state index contributed by atoms with van der Waals surface area (Å²) in [6.45, 7) is 5.99. The molecule has 0 bridgehead atoms. The van der Waals surface area contributed by atoms with E-state index < -0.39 is 10.1 Å². The van der Waals surface area contributed by atoms with Crippen molar-refractivity contribution in [3.05, 3.63) is 82.4 Å². The van der Waals surface area contributed by atoms with Gasteiger partial charge in [-0.1, -0.05) is 62.7 Å². The fourth-order valence-electron chi connectivity index (χ4n) is 2.43. The molecule has 3 aromatic rings. The van der Waals surface area contributed by atoms with E-state index in [1.807, 2.05) is 51.1 Å². The molecule has 5 nitrogen and oxygen atoms in total. The van der Waals surface area contributed by atoms with Gasteiger partial charge >= 0.3 is 10.1 Å². The highest BCUT2D eigenvalue weighted by atomic mass is 35.5. The van der Waals surface area contributed by atoms with Gasteiger partial charge in [0.25, 0.3) is 0 Å². The van der Waals surface area contributed by atoms with Gasteiger partial charge in [0, 0.05) is 16.5 Å². The van der Waals surface area contributed by atoms with Crippen LogP contribution in [-0.2, 0) is 15.5 Å². The van der Waals surface area contributed by atoms with Gasteiger partial charge in [-0.25, -0.2) is 0 Å². The summed E-state index contributed by atoms with van der Waals surface area (Å²) in [6, 6.07) is 17.7. The van der Waals surface area contributed by atoms with Crippen LogP contribution in [0.3, 0.4) is 0 Å². The first-order chi connectivity index (χ1) is 13.1. The fraction of sp³-hybridized carbons (Fsp3) is 0.190. The maximum atomic E-state index is 12.5. The molecule has 0 spiro atoms. The van der Waals surface area contributed by atoms with Crippen molar-refractivity contribution < 1.29 is 12.6 Å². The number of benzene rings is 2. The largest absolute Gasteiger partial charge is 0.358 e. The third kappa shape index (κ3) is 5.03. The second-order valence-corrected chi connectivity index (χ2v) is 9.16. The summed E-state index contributed by atoms with van der Waals surface area (Å²) in [7, 11) is -3.97. The smallest absolute Gasteiger partial charge is 0.333 e. The highest BCUT2D eigenvalue weighted by Gasteiger charge is 2.23. The Kier molecular flexibility index (Phi) is 5.63. The molecule has 0 saturated carbocycles. The number of rotatable bonds is 5. The highest BCUT2D eigenvalue weighted by molar-refractivity contribution is 7.90. The fourth-order valence-corrected chi connectivity index (χ4v) is 3.29. The predicted octanol–water partition coefficient (Wildman–Crippen LogP) is 5.20. The van der Waals surface area contributed by atoms with E-state index in [-0.39, 0.29) is 11.3 Å². The van der Waals surface area contributed by atoms with Crippen LogP contribution in [-0.4, -0.2) is 18.2 Å². The van der Waals surface area contributed by atoms with E-state index in [1.165, 1.54) is 10.8 Å². The molecule has 0 radical (unpaired) electrons. The van der Waals surface area contributed by atoms with Gasteiger partial charge in [-0.2, -0.15) is 18.2 Å². The third-order valence-corrected chi connectivity index (χ3v) is 5.07. The molecule has 3 rings (SSSR count). The summed E-state index contributed by atoms with van der Waals surface area (Å²) < 4.78 is 31.8. The van der Waals surface area contributed by atoms with E-state index in [9.17, 15) is 8.42 Å². The molecule has 0 atom stereocenters. The van der Waals surface area contributed by atoms with Crippen LogP contribution >= 0.6 is 11.6 Å². The molecule has 28 heavy (non-hydrogen) atoms. The zero-order valence-electron chi connectivity index (χ0n) is 15.8. The maximum Gasteiger partial charge on any atom is 0.333 e. The number of nitrogens with zero attached hydrogens (tertiary/aromatic N) is 2. The molecule has 146 valence electrons. The average Bonchev–Trinajstić information content (AvgIpc) is 3.05. The topological polar surface area (TPSA) is 61.2 Å². The molecule has 0 aliphatic heterocycles. The minimum atomic E-state index is -3.97. The second-order valence-electron chi connectivity index (χ2n) is 7.30. The summed E-state index contributed by atoms with van der Waals surface area (Å²) in [5.41, 5.74) is 1.84. The Morgan fingerprint density at radius 3 is 2.29 bits per heavy atom. The Bertz CT molecular complexity index is 1080. The molecule has 1 heterocycles. The van der Waals surface area contributed by atoms with Gasteiger partial charge in [0.15, 0.2) is 0 Å². The van der Waals surface area contributed by atoms with Crippen molar-refractivity contribution in [1.29, 1.82) is 0 Å². The van der Waals surface area contributed by atoms with Gasteiger partial charge in [0.1, 0.15) is 0 Å². The monoisotopic (exact) mass is 416 g/mol. The van der Waals surface area contributed by atoms with Crippen LogP contribution in [0.25, 0.3) is 11.8 Å². The summed E-state index contributed by atoms with van der Waals surface area (Å²) >= 11 is 5.96. The quantitative estimate of drug-likeness (QED) is 0.536. The Balaban J connectivity index is 1.97. The van der Waals surface area contributed by atoms with E-state index in [0.29, 0.717) is 16.4 Å². The standard InChI is InChI=1S/C21H21ClN2O3S/c1-21(2,3)19-15-20(24(23-19)18-11-9-17(22)10-12-18)27-28(25,26)14-13-16-7-5-4-6-8-16/h4-15H,1-3H3/b14-13+. The van der Waals surface area contributed by atoms with Gasteiger partial charge in [0.2, 0.25) is 5.88 Å². The molecular formula is C21H21ClN2O3S. The summed E-state index contributed by atoms with van der Waals surface area (Å²) in [5.74, 6) is 0.116. The van der Waals surface area contributed by atoms with E-state index in [4.69, 9.17) is 15.8 Å². The van der Waals surface area contributed by atoms with Crippen LogP contribution < -0.4 is 4.18 Å². The van der Waals surface area contributed by atoms with Gasteiger partial charge in [0.05, 0.1) is 16.8 Å². The molecule has 0 aliphatic carbocycles. The predicted molar refractivity (Wildman–Crippen MR) is 112 cm³/mol. The van der Waals surface area contributed by atoms with Crippen molar-refractivity contribution in [3.63, 3.8) is 0 Å². The van der Waals surface area contributed by atoms with Crippen LogP contribution in [0.2, 0.25) is 5.02 Å². The molecular weight excluding hydrogens is 396 g/mol. The Morgan fingerprint density at radius 1 is 1.04 bits per heavy atom. The lowest BCUT2D eigenvalue weighted by Gasteiger charge is -2.13. The molecule has 0 saturated heterocycles. The molecule has 0 unspecified atom stereocenters. The summed E-state index contributed by atoms with van der Waals surface area (Å²) in [6.07, 6.45) is 1.49. The maximum absolute atomic E-state index is 12.5. The Labute approximate surface area is 170 Å². The lowest BCUT2D eigenvalue weighted by Crippen LogP contribution is -2.12. The number of hydrogen-bond acceptors (Lipinski definition) is 4. The molecule has 0 fully saturated rings. The van der Waals surface area contributed by atoms with Gasteiger partial charge in [-0.05, 0) is 35.9 Å². The molecule has 0 aliphatic rings. The molecule has 0 amide bonds. The van der Waals surface area contributed by atoms with Crippen molar-refractivity contribution in [2.24, 2.45) is 0 Å². The second kappa shape index (κ2) is 7.81. The van der Waals surface area contributed by atoms with Crippen molar-refractivity contribution in [2.45, 2.75) is 26.2 Å². The lowest BCUT2D eigenvalue weighted by molar-refractivity contribution is 0.474. The first-order valence-electron chi connectivity index (χ1n) is 8.68. The van der Waals surface area contributed by atoms with E-state index >= 15 is 0 Å². The molecule has 0 N–H and O–H groups in total. The number of halogens is 1. The Hall–Kier alpha value is -2.57. The van der Waals surface area contributed by atoms with Crippen LogP contribution in [0, 0.1) is 0 Å². The minimum absolute atomic E-state index is 0.116. The SMILES string of the molecule is CC(C)(C)c1cc(OS(=O)(=O)/C=C/c2ccccc2)n(-c2ccc(Cl)cc2)n1. The van der Waals surface area contributed by atoms with Crippen molar-refractivity contribution in [3.8, 4) is 11.6 Å². The Morgan fingerprint density at radius 2 is 1.68 bits per heavy atom. The zero-order valence-corrected chi connectivity index (χ0v) is 17.4. The van der Waals surface area contributed by atoms with Crippen LogP contribution in [0.15, 0.2) is 66.1 Å². The van der Waals surface area contributed by atoms with Crippen LogP contribution in [0.4, 0.5) is 0 Å². The van der Waals surface area contributed by atoms with Crippen molar-refractivity contribution >= 4 is 27.8 Å². The third-order valence-electron chi connectivity index (χ3n) is 3.94. The normalized spacial score (nSPS) is 12.4. The zero-order chi connectivity index (χ0) is 20.4. The number of aromatic nitrogens is 2. The highest BCUT2D eigenvalue weighted by Crippen LogP contribution is 2.29. The molecule has 7 heteroatoms. The van der Waals surface area contributed by atoms with E-state index in [0.717, 1.165) is 11.0 Å². The van der Waals surface area contributed by atoms with Crippen molar-refractivity contribution in [2.75, 3.05) is 0 Å². The van der Waals surface area contributed by atoms with E-state index in [2.05, 4.69) is 5.10 Å². The first-order valence-corrected chi connectivity index (χ1v) is 10.5. The molecule has 2 aromatic carbocycles. The van der Waals surface area contributed by atoms with Crippen molar-refractivity contribution in [1.82, 2.24) is 9.78 Å². The molecule has 1 aromatic heterocycles. The van der Waals surface area contributed by atoms with Gasteiger partial charge in [-0.3, -0.25) is 0 Å². The van der Waals surface area contributed by atoms with E-state index in [1.54, 1.807) is 30.3 Å². The lowest BCUT2D eigenvalue weighted by atomic mass is 9.93.